The summed E-state index contributed by atoms with van der Waals surface area (Å²) < 4.78 is 8.85. The number of amides is 1. The number of rotatable bonds is 7. The van der Waals surface area contributed by atoms with Gasteiger partial charge in [-0.1, -0.05) is 67.9 Å². The number of hydrazone groups is 1. The summed E-state index contributed by atoms with van der Waals surface area (Å²) in [7, 11) is 1.63. The summed E-state index contributed by atoms with van der Waals surface area (Å²) in [4.78, 5) is 32.9. The van der Waals surface area contributed by atoms with E-state index >= 15 is 0 Å². The molecule has 0 fully saturated rings. The van der Waals surface area contributed by atoms with Gasteiger partial charge in [-0.2, -0.15) is 5.10 Å². The Hall–Kier alpha value is -2.86. The lowest BCUT2D eigenvalue weighted by molar-refractivity contribution is -0.130. The van der Waals surface area contributed by atoms with Gasteiger partial charge in [0.1, 0.15) is 5.75 Å². The van der Waals surface area contributed by atoms with Gasteiger partial charge in [-0.15, -0.1) is 11.8 Å². The molecule has 6 rings (SSSR count). The Labute approximate surface area is 262 Å². The maximum atomic E-state index is 13.8. The van der Waals surface area contributed by atoms with Crippen molar-refractivity contribution in [2.45, 2.75) is 28.9 Å². The Morgan fingerprint density at radius 3 is 2.39 bits per heavy atom. The molecular formula is C30H24Br2N4O3S2. The van der Waals surface area contributed by atoms with Crippen molar-refractivity contribution in [3.8, 4) is 11.4 Å². The summed E-state index contributed by atoms with van der Waals surface area (Å²) in [6, 6.07) is 23.0. The highest BCUT2D eigenvalue weighted by Crippen LogP contribution is 2.35. The molecule has 0 N–H and O–H groups in total. The minimum absolute atomic E-state index is 0.0820. The molecule has 1 aromatic heterocycles. The van der Waals surface area contributed by atoms with Gasteiger partial charge in [-0.3, -0.25) is 14.2 Å². The van der Waals surface area contributed by atoms with Crippen molar-refractivity contribution < 1.29 is 9.53 Å². The molecule has 41 heavy (non-hydrogen) atoms. The zero-order valence-electron chi connectivity index (χ0n) is 21.9. The molecule has 0 saturated carbocycles. The third kappa shape index (κ3) is 5.90. The van der Waals surface area contributed by atoms with Gasteiger partial charge < -0.3 is 4.74 Å². The van der Waals surface area contributed by atoms with E-state index in [4.69, 9.17) is 14.8 Å². The number of hydrogen-bond donors (Lipinski definition) is 0. The second-order valence-corrected chi connectivity index (χ2v) is 13.3. The van der Waals surface area contributed by atoms with E-state index in [1.54, 1.807) is 28.4 Å². The fourth-order valence-electron chi connectivity index (χ4n) is 4.84. The van der Waals surface area contributed by atoms with E-state index in [0.29, 0.717) is 22.2 Å². The van der Waals surface area contributed by atoms with Gasteiger partial charge in [0.15, 0.2) is 5.16 Å². The SMILES string of the molecule is COc1ccc(C2CC(c3ccc(Br)cc3)=NN2C(=O)CSc2nc3c(c(=O)n2-c2ccc(Br)cc2)SCC3)cc1. The van der Waals surface area contributed by atoms with Gasteiger partial charge >= 0.3 is 0 Å². The number of aromatic nitrogens is 2. The summed E-state index contributed by atoms with van der Waals surface area (Å²) in [5.41, 5.74) is 4.20. The van der Waals surface area contributed by atoms with Crippen molar-refractivity contribution in [3.63, 3.8) is 0 Å². The van der Waals surface area contributed by atoms with Gasteiger partial charge in [0, 0.05) is 27.5 Å². The summed E-state index contributed by atoms with van der Waals surface area (Å²) in [5.74, 6) is 1.50. The van der Waals surface area contributed by atoms with Crippen LogP contribution >= 0.6 is 55.4 Å². The Kier molecular flexibility index (Phi) is 8.39. The number of methoxy groups -OCH3 is 1. The molecule has 0 bridgehead atoms. The van der Waals surface area contributed by atoms with Gasteiger partial charge in [0.2, 0.25) is 0 Å². The van der Waals surface area contributed by atoms with Crippen molar-refractivity contribution in [1.82, 2.24) is 14.6 Å². The Morgan fingerprint density at radius 2 is 1.71 bits per heavy atom. The Balaban J connectivity index is 1.31. The Morgan fingerprint density at radius 1 is 1.02 bits per heavy atom. The van der Waals surface area contributed by atoms with Crippen molar-refractivity contribution in [3.05, 3.63) is 109 Å². The van der Waals surface area contributed by atoms with Crippen LogP contribution < -0.4 is 10.3 Å². The van der Waals surface area contributed by atoms with Gasteiger partial charge in [0.25, 0.3) is 11.5 Å². The molecule has 2 aliphatic heterocycles. The van der Waals surface area contributed by atoms with E-state index < -0.39 is 0 Å². The minimum Gasteiger partial charge on any atom is -0.497 e. The second kappa shape index (κ2) is 12.2. The summed E-state index contributed by atoms with van der Waals surface area (Å²) in [5, 5.41) is 6.89. The van der Waals surface area contributed by atoms with Crippen molar-refractivity contribution in [1.29, 1.82) is 0 Å². The summed E-state index contributed by atoms with van der Waals surface area (Å²) in [6.45, 7) is 0. The number of thioether (sulfide) groups is 2. The molecular weight excluding hydrogens is 688 g/mol. The van der Waals surface area contributed by atoms with Gasteiger partial charge in [-0.25, -0.2) is 9.99 Å². The van der Waals surface area contributed by atoms with E-state index in [1.165, 1.54) is 11.8 Å². The largest absolute Gasteiger partial charge is 0.497 e. The number of aryl methyl sites for hydroxylation is 1. The average molecular weight is 712 g/mol. The van der Waals surface area contributed by atoms with Crippen LogP contribution in [-0.2, 0) is 11.2 Å². The standard InChI is InChI=1S/C30H24Br2N4O3S2/c1-39-23-12-4-19(5-13-23)26-16-25(18-2-6-20(31)7-3-18)34-36(26)27(37)17-41-30-33-24-14-15-40-28(24)29(38)35(30)22-10-8-21(32)9-11-22/h2-13,26H,14-17H2,1H3. The van der Waals surface area contributed by atoms with Crippen LogP contribution in [0.2, 0.25) is 0 Å². The predicted molar refractivity (Wildman–Crippen MR) is 171 cm³/mol. The summed E-state index contributed by atoms with van der Waals surface area (Å²) in [6.07, 6.45) is 1.33. The zero-order chi connectivity index (χ0) is 28.5. The zero-order valence-corrected chi connectivity index (χ0v) is 26.7. The number of carbonyl (C=O) groups excluding carboxylic acids is 1. The molecule has 7 nitrogen and oxygen atoms in total. The third-order valence-electron chi connectivity index (χ3n) is 6.92. The third-order valence-corrected chi connectivity index (χ3v) is 10.0. The van der Waals surface area contributed by atoms with Crippen LogP contribution in [0.1, 0.15) is 29.3 Å². The number of halogens is 2. The van der Waals surface area contributed by atoms with E-state index in [0.717, 1.165) is 49.4 Å². The number of nitrogens with zero attached hydrogens (tertiary/aromatic N) is 4. The first-order valence-electron chi connectivity index (χ1n) is 12.9. The molecule has 3 aromatic carbocycles. The summed E-state index contributed by atoms with van der Waals surface area (Å²) >= 11 is 9.76. The lowest BCUT2D eigenvalue weighted by Crippen LogP contribution is -2.29. The topological polar surface area (TPSA) is 76.8 Å². The normalized spacial score (nSPS) is 16.0. The minimum atomic E-state index is -0.259. The molecule has 1 atom stereocenters. The first-order valence-corrected chi connectivity index (χ1v) is 16.4. The highest BCUT2D eigenvalue weighted by Gasteiger charge is 2.33. The molecule has 0 saturated heterocycles. The molecule has 3 heterocycles. The molecule has 2 aliphatic rings. The lowest BCUT2D eigenvalue weighted by atomic mass is 9.98. The van der Waals surface area contributed by atoms with Crippen LogP contribution in [0.3, 0.4) is 0 Å². The molecule has 1 unspecified atom stereocenters. The number of fused-ring (bicyclic) bond motifs is 1. The average Bonchev–Trinajstić information content (AvgIpc) is 3.65. The van der Waals surface area contributed by atoms with Crippen LogP contribution in [0.15, 0.2) is 102 Å². The smallest absolute Gasteiger partial charge is 0.272 e. The maximum absolute atomic E-state index is 13.8. The van der Waals surface area contributed by atoms with E-state index in [1.807, 2.05) is 72.8 Å². The molecule has 0 radical (unpaired) electrons. The number of carbonyl (C=O) groups is 1. The maximum Gasteiger partial charge on any atom is 0.272 e. The molecule has 0 spiro atoms. The van der Waals surface area contributed by atoms with Crippen LogP contribution in [-0.4, -0.2) is 44.8 Å². The molecule has 1 amide bonds. The second-order valence-electron chi connectivity index (χ2n) is 9.46. The van der Waals surface area contributed by atoms with E-state index in [-0.39, 0.29) is 23.3 Å². The van der Waals surface area contributed by atoms with Crippen molar-refractivity contribution >= 4 is 67.0 Å². The van der Waals surface area contributed by atoms with Crippen LogP contribution in [0, 0.1) is 0 Å². The lowest BCUT2D eigenvalue weighted by Gasteiger charge is -2.22. The van der Waals surface area contributed by atoms with Gasteiger partial charge in [-0.05, 0) is 59.7 Å². The number of benzene rings is 3. The monoisotopic (exact) mass is 710 g/mol. The molecule has 208 valence electrons. The van der Waals surface area contributed by atoms with Crippen molar-refractivity contribution in [2.24, 2.45) is 5.10 Å². The van der Waals surface area contributed by atoms with Gasteiger partial charge in [0.05, 0.1) is 40.9 Å². The highest BCUT2D eigenvalue weighted by molar-refractivity contribution is 9.10. The predicted octanol–water partition coefficient (Wildman–Crippen LogP) is 6.88. The van der Waals surface area contributed by atoms with E-state index in [2.05, 4.69) is 31.9 Å². The molecule has 0 aliphatic carbocycles. The highest BCUT2D eigenvalue weighted by atomic mass is 79.9. The van der Waals surface area contributed by atoms with Crippen molar-refractivity contribution in [2.75, 3.05) is 18.6 Å². The van der Waals surface area contributed by atoms with Crippen LogP contribution in [0.4, 0.5) is 0 Å². The molecule has 11 heteroatoms. The fraction of sp³-hybridized carbons (Fsp3) is 0.200. The first-order chi connectivity index (χ1) is 19.9. The number of ether oxygens (including phenoxy) is 1. The quantitative estimate of drug-likeness (QED) is 0.154. The fourth-order valence-corrected chi connectivity index (χ4v) is 7.28. The first kappa shape index (κ1) is 28.3. The molecule has 4 aromatic rings. The van der Waals surface area contributed by atoms with Crippen LogP contribution in [0.5, 0.6) is 5.75 Å². The van der Waals surface area contributed by atoms with E-state index in [9.17, 15) is 9.59 Å². The van der Waals surface area contributed by atoms with Crippen LogP contribution in [0.25, 0.3) is 5.69 Å². The Bertz CT molecular complexity index is 1690. The number of hydrogen-bond acceptors (Lipinski definition) is 7.